The molecule has 0 spiro atoms. The van der Waals surface area contributed by atoms with Gasteiger partial charge in [0.25, 0.3) is 0 Å². The van der Waals surface area contributed by atoms with E-state index in [0.717, 1.165) is 15.7 Å². The van der Waals surface area contributed by atoms with Crippen molar-refractivity contribution in [3.63, 3.8) is 0 Å². The van der Waals surface area contributed by atoms with E-state index in [2.05, 4.69) is 22.6 Å². The van der Waals surface area contributed by atoms with Crippen molar-refractivity contribution >= 4 is 22.6 Å². The average Bonchev–Trinajstić information content (AvgIpc) is 2.36. The highest BCUT2D eigenvalue weighted by Crippen LogP contribution is 2.27. The molecule has 2 nitrogen and oxygen atoms in total. The van der Waals surface area contributed by atoms with Gasteiger partial charge >= 0.3 is 0 Å². The van der Waals surface area contributed by atoms with Gasteiger partial charge in [0.05, 0.1) is 3.57 Å². The molecule has 2 aromatic carbocycles. The number of nitrogens with two attached hydrogens (primary N) is 1. The Bertz CT molecular complexity index is 528. The van der Waals surface area contributed by atoms with Crippen LogP contribution in [0.3, 0.4) is 0 Å². The van der Waals surface area contributed by atoms with E-state index in [1.54, 1.807) is 12.1 Å². The van der Waals surface area contributed by atoms with Crippen LogP contribution in [-0.2, 0) is 6.42 Å². The molecule has 0 atom stereocenters. The first-order chi connectivity index (χ1) is 8.69. The van der Waals surface area contributed by atoms with Gasteiger partial charge in [0.15, 0.2) is 0 Å². The monoisotopic (exact) mass is 357 g/mol. The van der Waals surface area contributed by atoms with Crippen LogP contribution in [0.2, 0.25) is 0 Å². The van der Waals surface area contributed by atoms with Gasteiger partial charge in [0.1, 0.15) is 17.3 Å². The summed E-state index contributed by atoms with van der Waals surface area (Å²) in [6.45, 7) is 0.633. The van der Waals surface area contributed by atoms with Crippen molar-refractivity contribution in [3.8, 4) is 11.5 Å². The van der Waals surface area contributed by atoms with Crippen LogP contribution in [0.1, 0.15) is 5.56 Å². The molecule has 2 N–H and O–H groups in total. The van der Waals surface area contributed by atoms with Gasteiger partial charge in [-0.15, -0.1) is 0 Å². The Kier molecular flexibility index (Phi) is 4.54. The minimum Gasteiger partial charge on any atom is -0.456 e. The number of hydrogen-bond acceptors (Lipinski definition) is 2. The summed E-state index contributed by atoms with van der Waals surface area (Å²) in [5, 5.41) is 0. The fraction of sp³-hybridized carbons (Fsp3) is 0.143. The molecule has 18 heavy (non-hydrogen) atoms. The summed E-state index contributed by atoms with van der Waals surface area (Å²) >= 11 is 2.22. The van der Waals surface area contributed by atoms with Gasteiger partial charge in [0.2, 0.25) is 0 Å². The normalized spacial score (nSPS) is 10.4. The van der Waals surface area contributed by atoms with Crippen molar-refractivity contribution in [2.75, 3.05) is 6.54 Å². The minimum atomic E-state index is -0.268. The van der Waals surface area contributed by atoms with Crippen molar-refractivity contribution in [1.82, 2.24) is 0 Å². The molecule has 0 aliphatic carbocycles. The molecule has 2 rings (SSSR count). The summed E-state index contributed by atoms with van der Waals surface area (Å²) in [5.74, 6) is 1.12. The first-order valence-corrected chi connectivity index (χ1v) is 6.69. The van der Waals surface area contributed by atoms with E-state index in [4.69, 9.17) is 10.5 Å². The van der Waals surface area contributed by atoms with E-state index in [9.17, 15) is 4.39 Å². The molecule has 0 saturated carbocycles. The Labute approximate surface area is 119 Å². The van der Waals surface area contributed by atoms with E-state index in [1.165, 1.54) is 17.7 Å². The van der Waals surface area contributed by atoms with E-state index >= 15 is 0 Å². The van der Waals surface area contributed by atoms with Crippen LogP contribution in [0.15, 0.2) is 42.5 Å². The highest BCUT2D eigenvalue weighted by molar-refractivity contribution is 14.1. The maximum Gasteiger partial charge on any atom is 0.140 e. The molecule has 94 valence electrons. The summed E-state index contributed by atoms with van der Waals surface area (Å²) in [5.41, 5.74) is 6.71. The summed E-state index contributed by atoms with van der Waals surface area (Å²) in [6, 6.07) is 11.9. The van der Waals surface area contributed by atoms with Crippen LogP contribution in [-0.4, -0.2) is 6.54 Å². The summed E-state index contributed by atoms with van der Waals surface area (Å²) in [4.78, 5) is 0. The third-order valence-electron chi connectivity index (χ3n) is 2.47. The summed E-state index contributed by atoms with van der Waals surface area (Å²) < 4.78 is 19.5. The standard InChI is InChI=1S/C14H13FINO/c15-11-2-4-12(5-3-11)18-14-6-1-10(7-8-17)9-13(14)16/h1-6,9H,7-8,17H2. The third-order valence-corrected chi connectivity index (χ3v) is 3.31. The van der Waals surface area contributed by atoms with Gasteiger partial charge in [-0.3, -0.25) is 0 Å². The molecule has 0 aliphatic heterocycles. The maximum absolute atomic E-state index is 12.8. The Morgan fingerprint density at radius 3 is 2.44 bits per heavy atom. The number of rotatable bonds is 4. The van der Waals surface area contributed by atoms with E-state index in [0.29, 0.717) is 12.3 Å². The topological polar surface area (TPSA) is 35.2 Å². The predicted molar refractivity (Wildman–Crippen MR) is 78.4 cm³/mol. The van der Waals surface area contributed by atoms with E-state index in [1.807, 2.05) is 18.2 Å². The lowest BCUT2D eigenvalue weighted by Crippen LogP contribution is -2.02. The lowest BCUT2D eigenvalue weighted by molar-refractivity contribution is 0.477. The van der Waals surface area contributed by atoms with Gasteiger partial charge in [-0.05, 0) is 77.5 Å². The molecule has 0 aliphatic rings. The van der Waals surface area contributed by atoms with Crippen molar-refractivity contribution < 1.29 is 9.13 Å². The average molecular weight is 357 g/mol. The number of halogens is 2. The quantitative estimate of drug-likeness (QED) is 0.847. The summed E-state index contributed by atoms with van der Waals surface area (Å²) in [7, 11) is 0. The highest BCUT2D eigenvalue weighted by atomic mass is 127. The first kappa shape index (κ1) is 13.3. The Morgan fingerprint density at radius 1 is 1.11 bits per heavy atom. The van der Waals surface area contributed by atoms with E-state index in [-0.39, 0.29) is 5.82 Å². The van der Waals surface area contributed by atoms with Crippen molar-refractivity contribution in [3.05, 3.63) is 57.4 Å². The van der Waals surface area contributed by atoms with Crippen molar-refractivity contribution in [2.45, 2.75) is 6.42 Å². The van der Waals surface area contributed by atoms with Gasteiger partial charge < -0.3 is 10.5 Å². The molecule has 0 heterocycles. The molecular weight excluding hydrogens is 344 g/mol. The number of benzene rings is 2. The molecule has 0 unspecified atom stereocenters. The summed E-state index contributed by atoms with van der Waals surface area (Å²) in [6.07, 6.45) is 0.854. The van der Waals surface area contributed by atoms with E-state index < -0.39 is 0 Å². The molecule has 0 amide bonds. The molecule has 0 aromatic heterocycles. The molecule has 0 bridgehead atoms. The van der Waals surface area contributed by atoms with Crippen LogP contribution in [0.25, 0.3) is 0 Å². The van der Waals surface area contributed by atoms with Gasteiger partial charge in [-0.1, -0.05) is 6.07 Å². The highest BCUT2D eigenvalue weighted by Gasteiger charge is 2.04. The third kappa shape index (κ3) is 3.43. The maximum atomic E-state index is 12.8. The second-order valence-corrected chi connectivity index (χ2v) is 5.02. The fourth-order valence-corrected chi connectivity index (χ4v) is 2.27. The van der Waals surface area contributed by atoms with Crippen LogP contribution in [0.5, 0.6) is 11.5 Å². The molecule has 4 heteroatoms. The van der Waals surface area contributed by atoms with Gasteiger partial charge in [-0.2, -0.15) is 0 Å². The van der Waals surface area contributed by atoms with Crippen molar-refractivity contribution in [1.29, 1.82) is 0 Å². The second kappa shape index (κ2) is 6.15. The minimum absolute atomic E-state index is 0.268. The zero-order valence-corrected chi connectivity index (χ0v) is 11.9. The lowest BCUT2D eigenvalue weighted by atomic mass is 10.1. The Hall–Kier alpha value is -1.14. The predicted octanol–water partition coefficient (Wildman–Crippen LogP) is 3.72. The van der Waals surface area contributed by atoms with Crippen LogP contribution >= 0.6 is 22.6 Å². The number of ether oxygens (including phenoxy) is 1. The van der Waals surface area contributed by atoms with Gasteiger partial charge in [0, 0.05) is 0 Å². The van der Waals surface area contributed by atoms with Crippen LogP contribution in [0.4, 0.5) is 4.39 Å². The number of hydrogen-bond donors (Lipinski definition) is 1. The molecule has 0 saturated heterocycles. The van der Waals surface area contributed by atoms with Crippen molar-refractivity contribution in [2.24, 2.45) is 5.73 Å². The smallest absolute Gasteiger partial charge is 0.140 e. The first-order valence-electron chi connectivity index (χ1n) is 5.61. The van der Waals surface area contributed by atoms with Crippen LogP contribution in [0, 0.1) is 9.39 Å². The molecular formula is C14H13FINO. The largest absolute Gasteiger partial charge is 0.456 e. The lowest BCUT2D eigenvalue weighted by Gasteiger charge is -2.09. The molecule has 2 aromatic rings. The second-order valence-electron chi connectivity index (χ2n) is 3.86. The molecule has 0 fully saturated rings. The Morgan fingerprint density at radius 2 is 1.83 bits per heavy atom. The fourth-order valence-electron chi connectivity index (χ4n) is 1.58. The van der Waals surface area contributed by atoms with Gasteiger partial charge in [-0.25, -0.2) is 4.39 Å². The molecule has 0 radical (unpaired) electrons. The SMILES string of the molecule is NCCc1ccc(Oc2ccc(F)cc2)c(I)c1. The zero-order chi connectivity index (χ0) is 13.0. The Balaban J connectivity index is 2.16. The van der Waals surface area contributed by atoms with Crippen LogP contribution < -0.4 is 10.5 Å². The zero-order valence-electron chi connectivity index (χ0n) is 9.70.